The zero-order valence-corrected chi connectivity index (χ0v) is 12.7. The summed E-state index contributed by atoms with van der Waals surface area (Å²) in [6.07, 6.45) is 6.41. The van der Waals surface area contributed by atoms with E-state index in [1.54, 1.807) is 0 Å². The summed E-state index contributed by atoms with van der Waals surface area (Å²) >= 11 is 1.87. The molecule has 1 aliphatic rings. The second kappa shape index (κ2) is 4.49. The molecule has 106 valence electrons. The highest BCUT2D eigenvalue weighted by Crippen LogP contribution is 2.41. The number of nitrogens with one attached hydrogen (secondary N) is 1. The number of rotatable bonds is 1. The van der Waals surface area contributed by atoms with Gasteiger partial charge in [-0.2, -0.15) is 0 Å². The van der Waals surface area contributed by atoms with E-state index in [4.69, 9.17) is 0 Å². The molecule has 3 heteroatoms. The second-order valence-electron chi connectivity index (χ2n) is 5.49. The number of para-hydroxylation sites is 1. The summed E-state index contributed by atoms with van der Waals surface area (Å²) in [4.78, 5) is 1.32. The zero-order valence-electron chi connectivity index (χ0n) is 11.9. The van der Waals surface area contributed by atoms with Crippen molar-refractivity contribution in [2.24, 2.45) is 0 Å². The summed E-state index contributed by atoms with van der Waals surface area (Å²) in [5.41, 5.74) is 1.27. The van der Waals surface area contributed by atoms with Crippen LogP contribution in [0.1, 0.15) is 0 Å². The van der Waals surface area contributed by atoms with E-state index >= 15 is 0 Å². The van der Waals surface area contributed by atoms with Crippen molar-refractivity contribution >= 4 is 48.4 Å². The average Bonchev–Trinajstić information content (AvgIpc) is 3.10. The molecule has 0 saturated carbocycles. The van der Waals surface area contributed by atoms with Crippen molar-refractivity contribution in [3.8, 4) is 0 Å². The van der Waals surface area contributed by atoms with Gasteiger partial charge in [0.1, 0.15) is 10.7 Å². The van der Waals surface area contributed by atoms with Crippen molar-refractivity contribution in [2.45, 2.75) is 0 Å². The Kier molecular flexibility index (Phi) is 2.46. The van der Waals surface area contributed by atoms with E-state index in [9.17, 15) is 0 Å². The van der Waals surface area contributed by atoms with Crippen molar-refractivity contribution < 1.29 is 0 Å². The standard InChI is InChI=1S/C19H14N2S/c1-3-9-15-13(7-1)18-14-8-2-4-10-16(14)22-19(18)21(15)17-11-5-6-12-20-17/h1-11,20H,12H2. The number of dihydropyridines is 1. The molecule has 2 aromatic heterocycles. The van der Waals surface area contributed by atoms with Crippen LogP contribution >= 0.6 is 11.3 Å². The summed E-state index contributed by atoms with van der Waals surface area (Å²) in [5.74, 6) is 1.15. The summed E-state index contributed by atoms with van der Waals surface area (Å²) in [6, 6.07) is 17.4. The number of thiophene rings is 1. The number of nitrogens with zero attached hydrogens (tertiary/aromatic N) is 1. The molecule has 0 atom stereocenters. The molecule has 0 amide bonds. The Morgan fingerprint density at radius 3 is 2.64 bits per heavy atom. The Hall–Kier alpha value is -2.52. The minimum absolute atomic E-state index is 0.880. The van der Waals surface area contributed by atoms with E-state index in [1.165, 1.54) is 31.2 Å². The number of hydrogen-bond acceptors (Lipinski definition) is 2. The molecule has 0 fully saturated rings. The molecule has 2 aromatic carbocycles. The SMILES string of the molecule is C1=CCNC(n2c3ccccc3c3c4ccccc4sc32)=C1. The third-order valence-corrected chi connectivity index (χ3v) is 5.38. The Morgan fingerprint density at radius 1 is 0.955 bits per heavy atom. The van der Waals surface area contributed by atoms with Gasteiger partial charge in [0, 0.05) is 27.4 Å². The lowest BCUT2D eigenvalue weighted by atomic mass is 10.1. The highest BCUT2D eigenvalue weighted by Gasteiger charge is 2.18. The second-order valence-corrected chi connectivity index (χ2v) is 6.52. The van der Waals surface area contributed by atoms with Gasteiger partial charge >= 0.3 is 0 Å². The Balaban J connectivity index is 2.01. The molecule has 0 radical (unpaired) electrons. The molecule has 2 nitrogen and oxygen atoms in total. The van der Waals surface area contributed by atoms with E-state index in [2.05, 4.69) is 76.6 Å². The van der Waals surface area contributed by atoms with Crippen molar-refractivity contribution in [1.29, 1.82) is 0 Å². The molecule has 5 rings (SSSR count). The topological polar surface area (TPSA) is 17.0 Å². The number of benzene rings is 2. The normalized spacial score (nSPS) is 14.6. The minimum Gasteiger partial charge on any atom is -0.368 e. The molecule has 22 heavy (non-hydrogen) atoms. The molecule has 0 spiro atoms. The Morgan fingerprint density at radius 2 is 1.77 bits per heavy atom. The molecule has 1 N–H and O–H groups in total. The minimum atomic E-state index is 0.880. The highest BCUT2D eigenvalue weighted by atomic mass is 32.1. The number of aromatic nitrogens is 1. The fraction of sp³-hybridized carbons (Fsp3) is 0.0526. The summed E-state index contributed by atoms with van der Waals surface area (Å²) in [6.45, 7) is 0.880. The molecule has 1 aliphatic heterocycles. The van der Waals surface area contributed by atoms with E-state index in [0.29, 0.717) is 0 Å². The van der Waals surface area contributed by atoms with Gasteiger partial charge in [-0.3, -0.25) is 4.57 Å². The summed E-state index contributed by atoms with van der Waals surface area (Å²) < 4.78 is 3.71. The Labute approximate surface area is 132 Å². The van der Waals surface area contributed by atoms with Gasteiger partial charge in [-0.05, 0) is 18.2 Å². The van der Waals surface area contributed by atoms with Crippen LogP contribution in [0.5, 0.6) is 0 Å². The van der Waals surface area contributed by atoms with Crippen LogP contribution in [0, 0.1) is 0 Å². The van der Waals surface area contributed by atoms with Gasteiger partial charge in [-0.1, -0.05) is 48.6 Å². The van der Waals surface area contributed by atoms with Gasteiger partial charge in [0.25, 0.3) is 0 Å². The predicted molar refractivity (Wildman–Crippen MR) is 96.2 cm³/mol. The number of allylic oxidation sites excluding steroid dienone is 2. The van der Waals surface area contributed by atoms with Crippen LogP contribution in [0.2, 0.25) is 0 Å². The van der Waals surface area contributed by atoms with Crippen molar-refractivity contribution in [3.05, 3.63) is 66.8 Å². The van der Waals surface area contributed by atoms with Gasteiger partial charge in [0.15, 0.2) is 0 Å². The third-order valence-electron chi connectivity index (χ3n) is 4.23. The van der Waals surface area contributed by atoms with Crippen LogP contribution in [-0.2, 0) is 0 Å². The maximum absolute atomic E-state index is 3.49. The van der Waals surface area contributed by atoms with E-state index in [1.807, 2.05) is 11.3 Å². The van der Waals surface area contributed by atoms with Crippen LogP contribution in [0.3, 0.4) is 0 Å². The molecule has 0 bridgehead atoms. The lowest BCUT2D eigenvalue weighted by Crippen LogP contribution is -2.18. The van der Waals surface area contributed by atoms with Gasteiger partial charge in [-0.25, -0.2) is 0 Å². The van der Waals surface area contributed by atoms with Crippen molar-refractivity contribution in [2.75, 3.05) is 6.54 Å². The lowest BCUT2D eigenvalue weighted by Gasteiger charge is -2.15. The Bertz CT molecular complexity index is 1080. The summed E-state index contributed by atoms with van der Waals surface area (Å²) in [7, 11) is 0. The highest BCUT2D eigenvalue weighted by molar-refractivity contribution is 7.25. The molecule has 0 aliphatic carbocycles. The molecule has 3 heterocycles. The monoisotopic (exact) mass is 302 g/mol. The van der Waals surface area contributed by atoms with E-state index in [-0.39, 0.29) is 0 Å². The quantitative estimate of drug-likeness (QED) is 0.525. The van der Waals surface area contributed by atoms with Crippen LogP contribution in [-0.4, -0.2) is 11.1 Å². The fourth-order valence-electron chi connectivity index (χ4n) is 3.28. The first-order valence-electron chi connectivity index (χ1n) is 7.45. The van der Waals surface area contributed by atoms with Crippen molar-refractivity contribution in [3.63, 3.8) is 0 Å². The van der Waals surface area contributed by atoms with Crippen LogP contribution in [0.25, 0.3) is 37.0 Å². The molecule has 4 aromatic rings. The predicted octanol–water partition coefficient (Wildman–Crippen LogP) is 4.97. The van der Waals surface area contributed by atoms with Gasteiger partial charge < -0.3 is 5.32 Å². The van der Waals surface area contributed by atoms with Crippen molar-refractivity contribution in [1.82, 2.24) is 9.88 Å². The molecular formula is C19H14N2S. The first kappa shape index (κ1) is 12.1. The number of hydrogen-bond donors (Lipinski definition) is 1. The smallest absolute Gasteiger partial charge is 0.111 e. The molecule has 0 saturated heterocycles. The number of fused-ring (bicyclic) bond motifs is 5. The first-order valence-corrected chi connectivity index (χ1v) is 8.27. The fourth-order valence-corrected chi connectivity index (χ4v) is 4.53. The van der Waals surface area contributed by atoms with Crippen LogP contribution in [0.15, 0.2) is 66.8 Å². The molecule has 0 unspecified atom stereocenters. The van der Waals surface area contributed by atoms with Gasteiger partial charge in [-0.15, -0.1) is 11.3 Å². The summed E-state index contributed by atoms with van der Waals surface area (Å²) in [5, 5.41) is 7.54. The maximum atomic E-state index is 3.49. The van der Waals surface area contributed by atoms with Gasteiger partial charge in [0.2, 0.25) is 0 Å². The maximum Gasteiger partial charge on any atom is 0.111 e. The molecular weight excluding hydrogens is 288 g/mol. The zero-order chi connectivity index (χ0) is 14.5. The first-order chi connectivity index (χ1) is 10.9. The average molecular weight is 302 g/mol. The largest absolute Gasteiger partial charge is 0.368 e. The third kappa shape index (κ3) is 1.54. The van der Waals surface area contributed by atoms with Crippen LogP contribution < -0.4 is 5.32 Å². The van der Waals surface area contributed by atoms with Gasteiger partial charge in [0.05, 0.1) is 5.52 Å². The van der Waals surface area contributed by atoms with E-state index < -0.39 is 0 Å². The van der Waals surface area contributed by atoms with E-state index in [0.717, 1.165) is 12.4 Å². The van der Waals surface area contributed by atoms with Crippen LogP contribution in [0.4, 0.5) is 0 Å². The lowest BCUT2D eigenvalue weighted by molar-refractivity contribution is 0.925.